The fourth-order valence-corrected chi connectivity index (χ4v) is 10.6. The smallest absolute Gasteiger partial charge is 0.0462 e. The summed E-state index contributed by atoms with van der Waals surface area (Å²) < 4.78 is 0. The summed E-state index contributed by atoms with van der Waals surface area (Å²) >= 11 is 0. The lowest BCUT2D eigenvalue weighted by molar-refractivity contribution is 1.28. The third-order valence-electron chi connectivity index (χ3n) is 13.8. The molecule has 0 N–H and O–H groups in total. The molecule has 0 bridgehead atoms. The third kappa shape index (κ3) is 6.71. The molecule has 0 atom stereocenters. The minimum atomic E-state index is 1.09. The van der Waals surface area contributed by atoms with E-state index in [4.69, 9.17) is 0 Å². The Balaban J connectivity index is 0.903. The van der Waals surface area contributed by atoms with E-state index in [1.54, 1.807) is 0 Å². The summed E-state index contributed by atoms with van der Waals surface area (Å²) in [6, 6.07) is 95.8. The number of hydrogen-bond donors (Lipinski definition) is 0. The molecule has 13 aromatic rings. The van der Waals surface area contributed by atoms with Crippen molar-refractivity contribution >= 4 is 81.7 Å². The van der Waals surface area contributed by atoms with Crippen molar-refractivity contribution in [3.63, 3.8) is 0 Å². The van der Waals surface area contributed by atoms with Crippen molar-refractivity contribution in [1.29, 1.82) is 0 Å². The van der Waals surface area contributed by atoms with Crippen LogP contribution >= 0.6 is 0 Å². The minimum absolute atomic E-state index is 1.09. The van der Waals surface area contributed by atoms with E-state index in [1.165, 1.54) is 109 Å². The molecule has 67 heavy (non-hydrogen) atoms. The number of hydrogen-bond acceptors (Lipinski definition) is 1. The second kappa shape index (κ2) is 16.0. The summed E-state index contributed by atoms with van der Waals surface area (Å²) in [4.78, 5) is 2.38. The van der Waals surface area contributed by atoms with E-state index in [-0.39, 0.29) is 0 Å². The van der Waals surface area contributed by atoms with Crippen molar-refractivity contribution in [2.75, 3.05) is 4.90 Å². The maximum Gasteiger partial charge on any atom is 0.0462 e. The molecular weight excluding hydrogens is 807 g/mol. The zero-order valence-corrected chi connectivity index (χ0v) is 36.8. The highest BCUT2D eigenvalue weighted by Gasteiger charge is 2.18. The van der Waals surface area contributed by atoms with Gasteiger partial charge in [-0.25, -0.2) is 0 Å². The Kier molecular flexibility index (Phi) is 9.25. The van der Waals surface area contributed by atoms with Crippen LogP contribution in [0.15, 0.2) is 261 Å². The van der Waals surface area contributed by atoms with Gasteiger partial charge in [0.2, 0.25) is 0 Å². The van der Waals surface area contributed by atoms with Crippen LogP contribution in [0.25, 0.3) is 109 Å². The van der Waals surface area contributed by atoms with Gasteiger partial charge < -0.3 is 4.90 Å². The average Bonchev–Trinajstić information content (AvgIpc) is 3.39. The molecule has 13 aromatic carbocycles. The Hall–Kier alpha value is -8.78. The van der Waals surface area contributed by atoms with Crippen LogP contribution in [0.1, 0.15) is 0 Å². The van der Waals surface area contributed by atoms with E-state index in [0.717, 1.165) is 17.1 Å². The van der Waals surface area contributed by atoms with E-state index >= 15 is 0 Å². The molecule has 0 saturated heterocycles. The zero-order valence-electron chi connectivity index (χ0n) is 36.8. The van der Waals surface area contributed by atoms with Crippen LogP contribution in [0.4, 0.5) is 17.1 Å². The van der Waals surface area contributed by atoms with Crippen LogP contribution in [0.5, 0.6) is 0 Å². The fraction of sp³-hybridized carbons (Fsp3) is 0. The molecule has 0 aliphatic carbocycles. The Morgan fingerprint density at radius 1 is 0.179 bits per heavy atom. The summed E-state index contributed by atoms with van der Waals surface area (Å²) in [6.45, 7) is 0. The van der Waals surface area contributed by atoms with Crippen molar-refractivity contribution < 1.29 is 0 Å². The van der Waals surface area contributed by atoms with Crippen LogP contribution < -0.4 is 4.90 Å². The molecular formula is C66H43N. The maximum absolute atomic E-state index is 2.38. The zero-order chi connectivity index (χ0) is 44.3. The van der Waals surface area contributed by atoms with E-state index in [9.17, 15) is 0 Å². The lowest BCUT2D eigenvalue weighted by Crippen LogP contribution is -2.09. The molecule has 0 saturated carbocycles. The topological polar surface area (TPSA) is 3.24 Å². The number of rotatable bonds is 7. The second-order valence-electron chi connectivity index (χ2n) is 17.6. The van der Waals surface area contributed by atoms with Crippen LogP contribution in [0.2, 0.25) is 0 Å². The van der Waals surface area contributed by atoms with Crippen molar-refractivity contribution in [1.82, 2.24) is 0 Å². The van der Waals surface area contributed by atoms with Gasteiger partial charge in [0, 0.05) is 17.1 Å². The normalized spacial score (nSPS) is 11.6. The summed E-state index contributed by atoms with van der Waals surface area (Å²) in [5.74, 6) is 0. The molecule has 0 amide bonds. The van der Waals surface area contributed by atoms with Gasteiger partial charge in [0.15, 0.2) is 0 Å². The quantitative estimate of drug-likeness (QED) is 0.144. The highest BCUT2D eigenvalue weighted by molar-refractivity contribution is 6.15. The molecule has 0 unspecified atom stereocenters. The fourth-order valence-electron chi connectivity index (χ4n) is 10.6. The Labute approximate surface area is 390 Å². The Morgan fingerprint density at radius 2 is 0.373 bits per heavy atom. The SMILES string of the molecule is c1ccc2c(-c3ccc(-c4ccc(N(c5ccc(-c6c7ccccc7cc7ccccc67)cc5)c5ccc(-c6c7ccccc7cc7ccccc67)cc5)cc4)cc3)c3ccccc3cc2c1. The van der Waals surface area contributed by atoms with Crippen molar-refractivity contribution in [3.05, 3.63) is 261 Å². The Morgan fingerprint density at radius 3 is 0.627 bits per heavy atom. The third-order valence-corrected chi connectivity index (χ3v) is 13.8. The van der Waals surface area contributed by atoms with Gasteiger partial charge in [0.1, 0.15) is 0 Å². The van der Waals surface area contributed by atoms with Crippen LogP contribution in [0, 0.1) is 0 Å². The second-order valence-corrected chi connectivity index (χ2v) is 17.6. The van der Waals surface area contributed by atoms with E-state index in [2.05, 4.69) is 266 Å². The monoisotopic (exact) mass is 849 g/mol. The lowest BCUT2D eigenvalue weighted by Gasteiger charge is -2.26. The molecule has 0 heterocycles. The van der Waals surface area contributed by atoms with Gasteiger partial charge in [-0.1, -0.05) is 206 Å². The summed E-state index contributed by atoms with van der Waals surface area (Å²) in [7, 11) is 0. The van der Waals surface area contributed by atoms with Crippen LogP contribution in [-0.2, 0) is 0 Å². The number of nitrogens with zero attached hydrogens (tertiary/aromatic N) is 1. The van der Waals surface area contributed by atoms with E-state index in [1.807, 2.05) is 0 Å². The first kappa shape index (κ1) is 38.7. The maximum atomic E-state index is 2.38. The lowest BCUT2D eigenvalue weighted by atomic mass is 9.91. The average molecular weight is 850 g/mol. The first-order valence-corrected chi connectivity index (χ1v) is 23.2. The first-order valence-electron chi connectivity index (χ1n) is 23.2. The summed E-state index contributed by atoms with van der Waals surface area (Å²) in [5, 5.41) is 15.1. The first-order chi connectivity index (χ1) is 33.2. The van der Waals surface area contributed by atoms with Gasteiger partial charge in [-0.15, -0.1) is 0 Å². The van der Waals surface area contributed by atoms with E-state index in [0.29, 0.717) is 0 Å². The molecule has 1 heteroatoms. The van der Waals surface area contributed by atoms with Gasteiger partial charge in [0.05, 0.1) is 0 Å². The van der Waals surface area contributed by atoms with E-state index < -0.39 is 0 Å². The van der Waals surface area contributed by atoms with Gasteiger partial charge in [-0.05, 0) is 164 Å². The van der Waals surface area contributed by atoms with Crippen LogP contribution in [0.3, 0.4) is 0 Å². The highest BCUT2D eigenvalue weighted by atomic mass is 15.1. The van der Waals surface area contributed by atoms with Gasteiger partial charge in [-0.2, -0.15) is 0 Å². The molecule has 13 rings (SSSR count). The number of fused-ring (bicyclic) bond motifs is 6. The highest BCUT2D eigenvalue weighted by Crippen LogP contribution is 2.43. The predicted octanol–water partition coefficient (Wildman–Crippen LogP) is 18.7. The van der Waals surface area contributed by atoms with Crippen LogP contribution in [-0.4, -0.2) is 0 Å². The molecule has 0 aliphatic rings. The molecule has 312 valence electrons. The molecule has 0 radical (unpaired) electrons. The Bertz CT molecular complexity index is 3670. The summed E-state index contributed by atoms with van der Waals surface area (Å²) in [6.07, 6.45) is 0. The molecule has 0 aromatic heterocycles. The molecule has 0 aliphatic heterocycles. The predicted molar refractivity (Wildman–Crippen MR) is 288 cm³/mol. The van der Waals surface area contributed by atoms with Crippen molar-refractivity contribution in [2.45, 2.75) is 0 Å². The number of benzene rings is 13. The van der Waals surface area contributed by atoms with Gasteiger partial charge in [-0.3, -0.25) is 0 Å². The van der Waals surface area contributed by atoms with Gasteiger partial charge >= 0.3 is 0 Å². The van der Waals surface area contributed by atoms with Gasteiger partial charge in [0.25, 0.3) is 0 Å². The molecule has 1 nitrogen and oxygen atoms in total. The number of anilines is 3. The summed E-state index contributed by atoms with van der Waals surface area (Å²) in [5.41, 5.74) is 13.1. The van der Waals surface area contributed by atoms with Crippen molar-refractivity contribution in [2.24, 2.45) is 0 Å². The largest absolute Gasteiger partial charge is 0.311 e. The molecule has 0 spiro atoms. The van der Waals surface area contributed by atoms with Crippen molar-refractivity contribution in [3.8, 4) is 44.5 Å². The minimum Gasteiger partial charge on any atom is -0.311 e. The molecule has 0 fully saturated rings. The standard InChI is InChI=1S/C66H43N/c1-7-19-58-49(13-1)41-50-14-2-8-20-59(50)64(58)46-27-25-44(26-28-46)45-29-35-55(36-30-45)67(56-37-31-47(32-38-56)65-60-21-9-3-15-51(60)42-52-16-4-10-22-61(52)65)57-39-33-48(34-40-57)66-62-23-11-5-17-53(62)43-54-18-6-12-24-63(54)66/h1-43H.